The van der Waals surface area contributed by atoms with Crippen LogP contribution < -0.4 is 0 Å². The summed E-state index contributed by atoms with van der Waals surface area (Å²) in [5, 5.41) is 20.2. The number of ketones is 1. The molecule has 2 atom stereocenters. The molecule has 2 N–H and O–H groups in total. The molecule has 0 heterocycles. The second-order valence-corrected chi connectivity index (χ2v) is 6.64. The molecule has 3 aliphatic rings. The van der Waals surface area contributed by atoms with Crippen molar-refractivity contribution in [2.75, 3.05) is 0 Å². The van der Waals surface area contributed by atoms with Crippen LogP contribution in [-0.4, -0.2) is 27.6 Å². The predicted octanol–water partition coefficient (Wildman–Crippen LogP) is 1.84. The van der Waals surface area contributed by atoms with Gasteiger partial charge in [0, 0.05) is 16.6 Å². The summed E-state index contributed by atoms with van der Waals surface area (Å²) in [6.45, 7) is 7.22. The van der Waals surface area contributed by atoms with Crippen molar-refractivity contribution in [3.05, 3.63) is 23.3 Å². The highest BCUT2D eigenvalue weighted by molar-refractivity contribution is 6.12. The van der Waals surface area contributed by atoms with Gasteiger partial charge < -0.3 is 10.2 Å². The number of carbonyl (C=O) groups excluding carboxylic acids is 1. The summed E-state index contributed by atoms with van der Waals surface area (Å²) in [5.41, 5.74) is -1.06. The highest BCUT2D eigenvalue weighted by Crippen LogP contribution is 2.67. The molecule has 2 unspecified atom stereocenters. The lowest BCUT2D eigenvalue weighted by atomic mass is 9.67. The second-order valence-electron chi connectivity index (χ2n) is 6.64. The minimum Gasteiger partial charge on any atom is -0.481 e. The molecule has 0 aromatic carbocycles. The van der Waals surface area contributed by atoms with Crippen LogP contribution in [0.5, 0.6) is 0 Å². The lowest BCUT2D eigenvalue weighted by molar-refractivity contribution is -0.147. The zero-order chi connectivity index (χ0) is 14.2. The van der Waals surface area contributed by atoms with E-state index in [1.165, 1.54) is 0 Å². The van der Waals surface area contributed by atoms with Crippen LogP contribution in [0.2, 0.25) is 0 Å². The Kier molecular flexibility index (Phi) is 2.11. The molecule has 0 aliphatic heterocycles. The molecule has 1 spiro atoms. The zero-order valence-electron chi connectivity index (χ0n) is 11.2. The van der Waals surface area contributed by atoms with Crippen molar-refractivity contribution >= 4 is 11.8 Å². The van der Waals surface area contributed by atoms with Gasteiger partial charge >= 0.3 is 5.97 Å². The van der Waals surface area contributed by atoms with Gasteiger partial charge in [0.25, 0.3) is 0 Å². The third-order valence-electron chi connectivity index (χ3n) is 5.41. The number of carboxylic acid groups (broad SMARTS) is 1. The van der Waals surface area contributed by atoms with Crippen LogP contribution >= 0.6 is 0 Å². The Morgan fingerprint density at radius 3 is 2.32 bits per heavy atom. The Balaban J connectivity index is 2.12. The van der Waals surface area contributed by atoms with Gasteiger partial charge in [-0.15, -0.1) is 0 Å². The molecule has 0 aromatic rings. The first-order chi connectivity index (χ1) is 8.66. The van der Waals surface area contributed by atoms with Gasteiger partial charge in [0.05, 0.1) is 11.0 Å². The summed E-state index contributed by atoms with van der Waals surface area (Å²) in [6.07, 6.45) is 1.96. The van der Waals surface area contributed by atoms with Gasteiger partial charge in [-0.3, -0.25) is 9.59 Å². The van der Waals surface area contributed by atoms with Crippen molar-refractivity contribution in [2.24, 2.45) is 10.8 Å². The van der Waals surface area contributed by atoms with Crippen molar-refractivity contribution in [3.8, 4) is 0 Å². The maximum atomic E-state index is 12.4. The van der Waals surface area contributed by atoms with Crippen molar-refractivity contribution in [1.29, 1.82) is 0 Å². The van der Waals surface area contributed by atoms with E-state index in [1.54, 1.807) is 13.8 Å². The van der Waals surface area contributed by atoms with Gasteiger partial charge in [0.1, 0.15) is 0 Å². The number of hydrogen-bond acceptors (Lipinski definition) is 3. The Labute approximate surface area is 111 Å². The quantitative estimate of drug-likeness (QED) is 0.707. The lowest BCUT2D eigenvalue weighted by Gasteiger charge is -2.40. The van der Waals surface area contributed by atoms with Gasteiger partial charge in [-0.2, -0.15) is 0 Å². The minimum atomic E-state index is -1.12. The first-order valence-corrected chi connectivity index (χ1v) is 6.58. The predicted molar refractivity (Wildman–Crippen MR) is 68.4 cm³/mol. The largest absolute Gasteiger partial charge is 0.481 e. The van der Waals surface area contributed by atoms with Crippen molar-refractivity contribution in [1.82, 2.24) is 0 Å². The number of rotatable bonds is 1. The SMILES string of the molecule is C=C1C(=O)C2=C(CC(C)(C(=O)O)C2)C(C)(O)C12CC2. The molecule has 3 aliphatic carbocycles. The monoisotopic (exact) mass is 262 g/mol. The molecule has 1 saturated carbocycles. The molecular formula is C15H18O4. The normalized spacial score (nSPS) is 39.7. The Hall–Kier alpha value is -1.42. The van der Waals surface area contributed by atoms with Gasteiger partial charge in [-0.05, 0) is 45.1 Å². The highest BCUT2D eigenvalue weighted by Gasteiger charge is 2.66. The average Bonchev–Trinajstić information content (AvgIpc) is 3.05. The Morgan fingerprint density at radius 1 is 1.26 bits per heavy atom. The van der Waals surface area contributed by atoms with Crippen LogP contribution in [-0.2, 0) is 9.59 Å². The molecule has 19 heavy (non-hydrogen) atoms. The first kappa shape index (κ1) is 12.6. The van der Waals surface area contributed by atoms with E-state index >= 15 is 0 Å². The molecule has 102 valence electrons. The molecule has 0 bridgehead atoms. The van der Waals surface area contributed by atoms with Crippen LogP contribution in [0.15, 0.2) is 23.3 Å². The number of Topliss-reactive ketones (excluding diaryl/α,β-unsaturated/α-hetero) is 1. The number of aliphatic carboxylic acids is 1. The molecule has 4 nitrogen and oxygen atoms in total. The molecule has 0 radical (unpaired) electrons. The highest BCUT2D eigenvalue weighted by atomic mass is 16.4. The van der Waals surface area contributed by atoms with E-state index in [-0.39, 0.29) is 18.6 Å². The van der Waals surface area contributed by atoms with Crippen molar-refractivity contribution in [3.63, 3.8) is 0 Å². The number of carboxylic acids is 1. The van der Waals surface area contributed by atoms with Crippen molar-refractivity contribution < 1.29 is 19.8 Å². The number of allylic oxidation sites excluding steroid dienone is 1. The first-order valence-electron chi connectivity index (χ1n) is 6.58. The number of aliphatic hydroxyl groups is 1. The van der Waals surface area contributed by atoms with Crippen LogP contribution in [0, 0.1) is 10.8 Å². The number of carbonyl (C=O) groups is 2. The summed E-state index contributed by atoms with van der Waals surface area (Å²) in [7, 11) is 0. The Bertz CT molecular complexity index is 563. The molecule has 4 heteroatoms. The molecular weight excluding hydrogens is 244 g/mol. The van der Waals surface area contributed by atoms with E-state index < -0.39 is 22.4 Å². The summed E-state index contributed by atoms with van der Waals surface area (Å²) in [4.78, 5) is 23.8. The van der Waals surface area contributed by atoms with Gasteiger partial charge in [-0.25, -0.2) is 0 Å². The van der Waals surface area contributed by atoms with Crippen LogP contribution in [0.4, 0.5) is 0 Å². The molecule has 1 fully saturated rings. The fraction of sp³-hybridized carbons (Fsp3) is 0.600. The van der Waals surface area contributed by atoms with Crippen molar-refractivity contribution in [2.45, 2.75) is 45.1 Å². The van der Waals surface area contributed by atoms with E-state index in [1.807, 2.05) is 0 Å². The summed E-state index contributed by atoms with van der Waals surface area (Å²) >= 11 is 0. The minimum absolute atomic E-state index is 0.135. The third kappa shape index (κ3) is 1.27. The Morgan fingerprint density at radius 2 is 1.84 bits per heavy atom. The van der Waals surface area contributed by atoms with E-state index in [2.05, 4.69) is 6.58 Å². The van der Waals surface area contributed by atoms with Gasteiger partial charge in [0.15, 0.2) is 5.78 Å². The molecule has 3 rings (SSSR count). The second kappa shape index (κ2) is 3.18. The maximum absolute atomic E-state index is 12.4. The lowest BCUT2D eigenvalue weighted by Crippen LogP contribution is -2.45. The third-order valence-corrected chi connectivity index (χ3v) is 5.41. The van der Waals surface area contributed by atoms with Gasteiger partial charge in [0.2, 0.25) is 0 Å². The summed E-state index contributed by atoms with van der Waals surface area (Å²) < 4.78 is 0. The molecule has 0 amide bonds. The maximum Gasteiger partial charge on any atom is 0.310 e. The summed E-state index contributed by atoms with van der Waals surface area (Å²) in [6, 6.07) is 0. The van der Waals surface area contributed by atoms with E-state index in [4.69, 9.17) is 0 Å². The zero-order valence-corrected chi connectivity index (χ0v) is 11.2. The average molecular weight is 262 g/mol. The van der Waals surface area contributed by atoms with Crippen LogP contribution in [0.1, 0.15) is 39.5 Å². The topological polar surface area (TPSA) is 74.6 Å². The number of hydrogen-bond donors (Lipinski definition) is 2. The van der Waals surface area contributed by atoms with E-state index in [9.17, 15) is 19.8 Å². The fourth-order valence-corrected chi connectivity index (χ4v) is 3.79. The molecule has 0 saturated heterocycles. The summed E-state index contributed by atoms with van der Waals surface area (Å²) in [5.74, 6) is -1.05. The van der Waals surface area contributed by atoms with Gasteiger partial charge in [-0.1, -0.05) is 6.58 Å². The molecule has 0 aromatic heterocycles. The standard InChI is InChI=1S/C15H18O4/c1-8-11(16)9-6-13(2,12(17)18)7-10(9)14(3,19)15(8)4-5-15/h19H,1,4-7H2,2-3H3,(H,17,18). The van der Waals surface area contributed by atoms with Crippen LogP contribution in [0.25, 0.3) is 0 Å². The smallest absolute Gasteiger partial charge is 0.310 e. The van der Waals surface area contributed by atoms with E-state index in [0.717, 1.165) is 12.8 Å². The van der Waals surface area contributed by atoms with Crippen LogP contribution in [0.3, 0.4) is 0 Å². The van der Waals surface area contributed by atoms with E-state index in [0.29, 0.717) is 16.7 Å². The fourth-order valence-electron chi connectivity index (χ4n) is 3.79.